The third-order valence-electron chi connectivity index (χ3n) is 4.28. The van der Waals surface area contributed by atoms with Crippen molar-refractivity contribution in [2.45, 2.75) is 52.4 Å². The van der Waals surface area contributed by atoms with Crippen LogP contribution in [0.4, 0.5) is 0 Å². The van der Waals surface area contributed by atoms with E-state index in [1.807, 2.05) is 0 Å². The first-order valence-electron chi connectivity index (χ1n) is 7.83. The third-order valence-corrected chi connectivity index (χ3v) is 4.28. The zero-order valence-electron chi connectivity index (χ0n) is 12.1. The molecule has 1 aliphatic carbocycles. The van der Waals surface area contributed by atoms with E-state index in [4.69, 9.17) is 4.99 Å². The molecule has 0 spiro atoms. The molecule has 0 aromatic heterocycles. The van der Waals surface area contributed by atoms with E-state index in [2.05, 4.69) is 24.1 Å². The zero-order chi connectivity index (χ0) is 12.8. The number of nitrogens with one attached hydrogen (secondary N) is 1. The fourth-order valence-corrected chi connectivity index (χ4v) is 3.30. The van der Waals surface area contributed by atoms with Gasteiger partial charge in [0, 0.05) is 26.2 Å². The molecule has 2 aliphatic rings. The molecule has 3 heteroatoms. The molecule has 104 valence electrons. The Morgan fingerprint density at radius 3 is 2.67 bits per heavy atom. The average Bonchev–Trinajstić information content (AvgIpc) is 2.88. The van der Waals surface area contributed by atoms with Gasteiger partial charge in [0.2, 0.25) is 0 Å². The van der Waals surface area contributed by atoms with Gasteiger partial charge in [-0.1, -0.05) is 19.8 Å². The van der Waals surface area contributed by atoms with Crippen molar-refractivity contribution >= 4 is 5.96 Å². The fraction of sp³-hybridized carbons (Fsp3) is 0.933. The molecule has 0 bridgehead atoms. The van der Waals surface area contributed by atoms with Gasteiger partial charge in [-0.3, -0.25) is 4.99 Å². The summed E-state index contributed by atoms with van der Waals surface area (Å²) in [6.07, 6.45) is 8.24. The van der Waals surface area contributed by atoms with Crippen LogP contribution < -0.4 is 5.32 Å². The number of hydrogen-bond donors (Lipinski definition) is 1. The minimum atomic E-state index is 0.824. The Kier molecular flexibility index (Phi) is 5.33. The highest BCUT2D eigenvalue weighted by Crippen LogP contribution is 2.28. The average molecular weight is 251 g/mol. The largest absolute Gasteiger partial charge is 0.357 e. The molecule has 0 aromatic carbocycles. The van der Waals surface area contributed by atoms with Crippen LogP contribution in [0, 0.1) is 11.8 Å². The summed E-state index contributed by atoms with van der Waals surface area (Å²) in [6.45, 7) is 8.94. The van der Waals surface area contributed by atoms with Gasteiger partial charge in [0.05, 0.1) is 0 Å². The highest BCUT2D eigenvalue weighted by Gasteiger charge is 2.20. The monoisotopic (exact) mass is 251 g/mol. The molecule has 3 nitrogen and oxygen atoms in total. The Hall–Kier alpha value is -0.730. The molecule has 1 saturated heterocycles. The Morgan fingerprint density at radius 1 is 1.22 bits per heavy atom. The molecule has 1 heterocycles. The van der Waals surface area contributed by atoms with Crippen LogP contribution in [0.1, 0.15) is 52.4 Å². The maximum absolute atomic E-state index is 4.89. The van der Waals surface area contributed by atoms with Crippen molar-refractivity contribution in [3.63, 3.8) is 0 Å². The normalized spacial score (nSPS) is 29.7. The van der Waals surface area contributed by atoms with Gasteiger partial charge < -0.3 is 10.2 Å². The molecular formula is C15H29N3. The molecule has 2 unspecified atom stereocenters. The molecule has 1 aliphatic heterocycles. The maximum Gasteiger partial charge on any atom is 0.193 e. The lowest BCUT2D eigenvalue weighted by Crippen LogP contribution is -2.40. The lowest BCUT2D eigenvalue weighted by atomic mass is 9.82. The molecule has 18 heavy (non-hydrogen) atoms. The second-order valence-electron chi connectivity index (χ2n) is 6.03. The number of hydrogen-bond acceptors (Lipinski definition) is 1. The predicted octanol–water partition coefficient (Wildman–Crippen LogP) is 2.87. The maximum atomic E-state index is 4.89. The van der Waals surface area contributed by atoms with Crippen LogP contribution >= 0.6 is 0 Å². The van der Waals surface area contributed by atoms with Gasteiger partial charge in [-0.15, -0.1) is 0 Å². The van der Waals surface area contributed by atoms with Crippen molar-refractivity contribution in [2.75, 3.05) is 26.2 Å². The van der Waals surface area contributed by atoms with Crippen molar-refractivity contribution in [3.8, 4) is 0 Å². The quantitative estimate of drug-likeness (QED) is 0.617. The van der Waals surface area contributed by atoms with Crippen molar-refractivity contribution in [2.24, 2.45) is 16.8 Å². The highest BCUT2D eigenvalue weighted by molar-refractivity contribution is 5.80. The van der Waals surface area contributed by atoms with E-state index in [1.165, 1.54) is 51.6 Å². The highest BCUT2D eigenvalue weighted by atomic mass is 15.3. The van der Waals surface area contributed by atoms with Crippen molar-refractivity contribution in [3.05, 3.63) is 0 Å². The summed E-state index contributed by atoms with van der Waals surface area (Å²) >= 11 is 0. The van der Waals surface area contributed by atoms with E-state index in [9.17, 15) is 0 Å². The van der Waals surface area contributed by atoms with E-state index in [-0.39, 0.29) is 0 Å². The zero-order valence-corrected chi connectivity index (χ0v) is 12.1. The molecule has 1 saturated carbocycles. The van der Waals surface area contributed by atoms with Gasteiger partial charge in [-0.25, -0.2) is 0 Å². The smallest absolute Gasteiger partial charge is 0.193 e. The van der Waals surface area contributed by atoms with Crippen LogP contribution in [0.15, 0.2) is 4.99 Å². The van der Waals surface area contributed by atoms with Crippen LogP contribution in [0.3, 0.4) is 0 Å². The van der Waals surface area contributed by atoms with Crippen molar-refractivity contribution in [1.82, 2.24) is 10.2 Å². The van der Waals surface area contributed by atoms with Gasteiger partial charge in [-0.2, -0.15) is 0 Å². The van der Waals surface area contributed by atoms with Crippen LogP contribution in [0.2, 0.25) is 0 Å². The van der Waals surface area contributed by atoms with Gasteiger partial charge >= 0.3 is 0 Å². The summed E-state index contributed by atoms with van der Waals surface area (Å²) in [5, 5.41) is 3.45. The van der Waals surface area contributed by atoms with Crippen molar-refractivity contribution in [1.29, 1.82) is 0 Å². The Labute approximate surface area is 112 Å². The number of guanidine groups is 1. The molecule has 1 N–H and O–H groups in total. The summed E-state index contributed by atoms with van der Waals surface area (Å²) in [6, 6.07) is 0. The second-order valence-corrected chi connectivity index (χ2v) is 6.03. The lowest BCUT2D eigenvalue weighted by Gasteiger charge is -2.26. The third kappa shape index (κ3) is 3.89. The molecular weight excluding hydrogens is 222 g/mol. The molecule has 2 fully saturated rings. The second kappa shape index (κ2) is 7.01. The summed E-state index contributed by atoms with van der Waals surface area (Å²) in [4.78, 5) is 7.31. The lowest BCUT2D eigenvalue weighted by molar-refractivity contribution is 0.288. The predicted molar refractivity (Wildman–Crippen MR) is 77.9 cm³/mol. The molecule has 2 atom stereocenters. The Balaban J connectivity index is 1.86. The van der Waals surface area contributed by atoms with Gasteiger partial charge in [0.1, 0.15) is 0 Å². The topological polar surface area (TPSA) is 27.6 Å². The van der Waals surface area contributed by atoms with E-state index < -0.39 is 0 Å². The van der Waals surface area contributed by atoms with E-state index in [0.29, 0.717) is 0 Å². The summed E-state index contributed by atoms with van der Waals surface area (Å²) < 4.78 is 0. The van der Waals surface area contributed by atoms with Crippen LogP contribution in [0.25, 0.3) is 0 Å². The molecule has 0 radical (unpaired) electrons. The van der Waals surface area contributed by atoms with E-state index in [1.54, 1.807) is 0 Å². The van der Waals surface area contributed by atoms with Crippen LogP contribution in [-0.4, -0.2) is 37.0 Å². The van der Waals surface area contributed by atoms with E-state index in [0.717, 1.165) is 30.9 Å². The number of nitrogens with zero attached hydrogens (tertiary/aromatic N) is 2. The summed E-state index contributed by atoms with van der Waals surface area (Å²) in [5.41, 5.74) is 0. The first kappa shape index (κ1) is 13.7. The van der Waals surface area contributed by atoms with Crippen LogP contribution in [-0.2, 0) is 0 Å². The Morgan fingerprint density at radius 2 is 2.00 bits per heavy atom. The first-order valence-corrected chi connectivity index (χ1v) is 7.83. The molecule has 2 rings (SSSR count). The minimum Gasteiger partial charge on any atom is -0.357 e. The first-order chi connectivity index (χ1) is 8.79. The number of likely N-dealkylation sites (tertiary alicyclic amines) is 1. The minimum absolute atomic E-state index is 0.824. The fourth-order valence-electron chi connectivity index (χ4n) is 3.30. The Bertz CT molecular complexity index is 269. The number of rotatable bonds is 3. The molecule has 0 aromatic rings. The molecule has 0 amide bonds. The van der Waals surface area contributed by atoms with E-state index >= 15 is 0 Å². The van der Waals surface area contributed by atoms with Gasteiger partial charge in [-0.05, 0) is 44.4 Å². The standard InChI is InChI=1S/C15H29N3/c1-3-16-15(18-9-4-5-10-18)17-12-14-8-6-7-13(2)11-14/h13-14H,3-12H2,1-2H3,(H,16,17). The summed E-state index contributed by atoms with van der Waals surface area (Å²) in [7, 11) is 0. The van der Waals surface area contributed by atoms with Gasteiger partial charge in [0.15, 0.2) is 5.96 Å². The van der Waals surface area contributed by atoms with Gasteiger partial charge in [0.25, 0.3) is 0 Å². The SMILES string of the molecule is CCNC(=NCC1CCCC(C)C1)N1CCCC1. The summed E-state index contributed by atoms with van der Waals surface area (Å²) in [5.74, 6) is 2.89. The van der Waals surface area contributed by atoms with Crippen LogP contribution in [0.5, 0.6) is 0 Å². The van der Waals surface area contributed by atoms with Crippen molar-refractivity contribution < 1.29 is 0 Å². The number of aliphatic imine (C=N–C) groups is 1.